The first kappa shape index (κ1) is 37.0. The van der Waals surface area contributed by atoms with Gasteiger partial charge >= 0.3 is 0 Å². The zero-order valence-corrected chi connectivity index (χ0v) is 30.2. The van der Waals surface area contributed by atoms with E-state index < -0.39 is 35.8 Å². The predicted molar refractivity (Wildman–Crippen MR) is 190 cm³/mol. The molecule has 4 unspecified atom stereocenters. The van der Waals surface area contributed by atoms with E-state index in [2.05, 4.69) is 17.6 Å². The summed E-state index contributed by atoms with van der Waals surface area (Å²) in [7, 11) is 0. The Morgan fingerprint density at radius 2 is 1.79 bits per heavy atom. The number of fused-ring (bicyclic) bond motifs is 6. The quantitative estimate of drug-likeness (QED) is 0.135. The number of ether oxygens (including phenoxy) is 2. The molecule has 0 bridgehead atoms. The highest BCUT2D eigenvalue weighted by Gasteiger charge is 2.58. The molecule has 0 spiro atoms. The molecule has 1 saturated heterocycles. The maximum Gasteiger partial charge on any atom is 0.264 e. The van der Waals surface area contributed by atoms with Crippen LogP contribution >= 0.6 is 0 Å². The SMILES string of the molecule is CC(=O)N(CCOCCOCCNc1cccc2c1C(=O)N(C1CCC(=O)NC1=O)C2=O)O[C@H]1C[C@@]2(C)C(CC[C@@H]2O)C2CCc3cc(O)ccc3C21. The molecule has 2 aromatic rings. The minimum Gasteiger partial charge on any atom is -0.508 e. The number of hydroxylamine groups is 2. The standard InChI is InChI=1S/C39H48N4O10/c1-22(44)42(53-31-21-39(2)28(10-12-32(39)46)26-8-6-23-20-24(45)7-9-25(23)34(26)31)15-17-52-19-18-51-16-14-40-29-5-3-4-27-35(29)38(50)43(37(27)49)30-11-13-33(47)41-36(30)48/h3-5,7,9,20,26,28,30-32,34,40,45-46H,6,8,10-19,21H2,1-2H3,(H,41,47,48)/t26?,28?,30?,31-,32-,34?,39-/m0/s1. The van der Waals surface area contributed by atoms with Gasteiger partial charge in [0, 0.05) is 31.5 Å². The highest BCUT2D eigenvalue weighted by molar-refractivity contribution is 6.25. The number of imide groups is 2. The first-order valence-electron chi connectivity index (χ1n) is 18.7. The monoisotopic (exact) mass is 732 g/mol. The number of nitrogens with zero attached hydrogens (tertiary/aromatic N) is 2. The normalized spacial score (nSPS) is 28.9. The van der Waals surface area contributed by atoms with Crippen molar-refractivity contribution in [3.05, 3.63) is 58.7 Å². The number of aryl methyl sites for hydroxylation is 1. The Morgan fingerprint density at radius 3 is 2.57 bits per heavy atom. The molecule has 284 valence electrons. The van der Waals surface area contributed by atoms with Crippen LogP contribution in [0.1, 0.15) is 90.1 Å². The second-order valence-corrected chi connectivity index (χ2v) is 15.1. The van der Waals surface area contributed by atoms with Gasteiger partial charge in [0.05, 0.1) is 56.3 Å². The van der Waals surface area contributed by atoms with Gasteiger partial charge < -0.3 is 25.0 Å². The molecule has 0 radical (unpaired) electrons. The number of amides is 5. The van der Waals surface area contributed by atoms with E-state index in [0.29, 0.717) is 30.5 Å². The number of aromatic hydroxyl groups is 1. The fourth-order valence-corrected chi connectivity index (χ4v) is 9.53. The van der Waals surface area contributed by atoms with Crippen molar-refractivity contribution in [2.45, 2.75) is 83.0 Å². The van der Waals surface area contributed by atoms with Gasteiger partial charge in [0.15, 0.2) is 0 Å². The maximum absolute atomic E-state index is 13.3. The Balaban J connectivity index is 0.877. The second-order valence-electron chi connectivity index (χ2n) is 15.1. The van der Waals surface area contributed by atoms with Crippen molar-refractivity contribution in [2.75, 3.05) is 44.8 Å². The van der Waals surface area contributed by atoms with Crippen molar-refractivity contribution in [3.63, 3.8) is 0 Å². The van der Waals surface area contributed by atoms with E-state index in [1.54, 1.807) is 24.3 Å². The lowest BCUT2D eigenvalue weighted by atomic mass is 9.54. The molecule has 2 aromatic carbocycles. The number of aliphatic hydroxyl groups excluding tert-OH is 1. The largest absolute Gasteiger partial charge is 0.508 e. The Hall–Kier alpha value is -4.37. The van der Waals surface area contributed by atoms with E-state index in [0.717, 1.165) is 41.7 Å². The van der Waals surface area contributed by atoms with Gasteiger partial charge in [0.1, 0.15) is 11.8 Å². The number of benzene rings is 2. The van der Waals surface area contributed by atoms with Crippen molar-refractivity contribution in [2.24, 2.45) is 17.3 Å². The number of rotatable bonds is 13. The molecule has 2 heterocycles. The molecule has 14 nitrogen and oxygen atoms in total. The molecule has 3 fully saturated rings. The summed E-state index contributed by atoms with van der Waals surface area (Å²) in [4.78, 5) is 70.6. The third-order valence-electron chi connectivity index (χ3n) is 12.1. The molecule has 7 rings (SSSR count). The summed E-state index contributed by atoms with van der Waals surface area (Å²) in [6.07, 6.45) is 3.57. The lowest BCUT2D eigenvalue weighted by molar-refractivity contribution is -0.234. The van der Waals surface area contributed by atoms with Gasteiger partial charge in [-0.1, -0.05) is 19.1 Å². The molecule has 0 aromatic heterocycles. The van der Waals surface area contributed by atoms with E-state index in [1.807, 2.05) is 12.1 Å². The summed E-state index contributed by atoms with van der Waals surface area (Å²) in [5.41, 5.74) is 2.81. The molecular formula is C39H48N4O10. The summed E-state index contributed by atoms with van der Waals surface area (Å²) in [6, 6.07) is 9.40. The van der Waals surface area contributed by atoms with E-state index in [9.17, 15) is 34.2 Å². The van der Waals surface area contributed by atoms with Crippen LogP contribution < -0.4 is 10.6 Å². The zero-order valence-electron chi connectivity index (χ0n) is 30.2. The van der Waals surface area contributed by atoms with Crippen LogP contribution in [-0.2, 0) is 35.1 Å². The molecule has 3 aliphatic carbocycles. The van der Waals surface area contributed by atoms with Gasteiger partial charge in [-0.05, 0) is 91.2 Å². The molecule has 2 saturated carbocycles. The number of anilines is 1. The van der Waals surface area contributed by atoms with Gasteiger partial charge in [-0.2, -0.15) is 0 Å². The molecule has 53 heavy (non-hydrogen) atoms. The average molecular weight is 733 g/mol. The third kappa shape index (κ3) is 7.05. The van der Waals surface area contributed by atoms with E-state index in [4.69, 9.17) is 14.3 Å². The summed E-state index contributed by atoms with van der Waals surface area (Å²) in [5, 5.41) is 28.0. The minimum absolute atomic E-state index is 0.0485. The van der Waals surface area contributed by atoms with Gasteiger partial charge in [-0.15, -0.1) is 0 Å². The van der Waals surface area contributed by atoms with Crippen molar-refractivity contribution in [1.29, 1.82) is 0 Å². The Bertz CT molecular complexity index is 1780. The molecule has 14 heteroatoms. The number of nitrogens with one attached hydrogen (secondary N) is 2. The number of carbonyl (C=O) groups excluding carboxylic acids is 5. The van der Waals surface area contributed by atoms with Crippen molar-refractivity contribution < 1.29 is 48.5 Å². The smallest absolute Gasteiger partial charge is 0.264 e. The van der Waals surface area contributed by atoms with Crippen LogP contribution in [0.5, 0.6) is 5.75 Å². The molecule has 5 amide bonds. The molecule has 5 aliphatic rings. The molecule has 7 atom stereocenters. The number of piperidine rings is 1. The van der Waals surface area contributed by atoms with Crippen LogP contribution in [0.2, 0.25) is 0 Å². The number of hydrogen-bond donors (Lipinski definition) is 4. The van der Waals surface area contributed by atoms with Gasteiger partial charge in [-0.25, -0.2) is 5.06 Å². The highest BCUT2D eigenvalue weighted by atomic mass is 16.7. The number of phenols is 1. The second kappa shape index (κ2) is 15.2. The van der Waals surface area contributed by atoms with Gasteiger partial charge in [0.25, 0.3) is 11.8 Å². The fraction of sp³-hybridized carbons (Fsp3) is 0.564. The summed E-state index contributed by atoms with van der Waals surface area (Å²) >= 11 is 0. The van der Waals surface area contributed by atoms with E-state index in [-0.39, 0.29) is 86.0 Å². The summed E-state index contributed by atoms with van der Waals surface area (Å²) < 4.78 is 11.5. The van der Waals surface area contributed by atoms with Crippen LogP contribution in [-0.4, -0.2) is 107 Å². The average Bonchev–Trinajstić information content (AvgIpc) is 3.57. The topological polar surface area (TPSA) is 184 Å². The Labute approximate surface area is 308 Å². The third-order valence-corrected chi connectivity index (χ3v) is 12.1. The first-order valence-corrected chi connectivity index (χ1v) is 18.7. The summed E-state index contributed by atoms with van der Waals surface area (Å²) in [5.74, 6) is -1.50. The summed E-state index contributed by atoms with van der Waals surface area (Å²) in [6.45, 7) is 5.25. The maximum atomic E-state index is 13.3. The van der Waals surface area contributed by atoms with Crippen LogP contribution in [0.4, 0.5) is 5.69 Å². The first-order chi connectivity index (χ1) is 25.5. The van der Waals surface area contributed by atoms with Crippen LogP contribution in [0.3, 0.4) is 0 Å². The number of hydrogen-bond acceptors (Lipinski definition) is 11. The van der Waals surface area contributed by atoms with Crippen molar-refractivity contribution in [3.8, 4) is 5.75 Å². The minimum atomic E-state index is -1.03. The fourth-order valence-electron chi connectivity index (χ4n) is 9.53. The lowest BCUT2D eigenvalue weighted by Crippen LogP contribution is -2.54. The highest BCUT2D eigenvalue weighted by Crippen LogP contribution is 2.61. The number of aliphatic hydroxyl groups is 1. The van der Waals surface area contributed by atoms with Gasteiger partial charge in [0.2, 0.25) is 17.7 Å². The molecular weight excluding hydrogens is 684 g/mol. The number of phenolic OH excluding ortho intramolecular Hbond substituents is 1. The zero-order chi connectivity index (χ0) is 37.4. The Kier molecular flexibility index (Phi) is 10.6. The van der Waals surface area contributed by atoms with Crippen molar-refractivity contribution in [1.82, 2.24) is 15.3 Å². The molecule has 4 N–H and O–H groups in total. The van der Waals surface area contributed by atoms with Crippen LogP contribution in [0, 0.1) is 17.3 Å². The number of carbonyl (C=O) groups is 5. The lowest BCUT2D eigenvalue weighted by Gasteiger charge is -2.53. The Morgan fingerprint density at radius 1 is 1.00 bits per heavy atom. The van der Waals surface area contributed by atoms with Crippen molar-refractivity contribution >= 4 is 35.2 Å². The van der Waals surface area contributed by atoms with E-state index >= 15 is 0 Å². The van der Waals surface area contributed by atoms with E-state index in [1.165, 1.54) is 12.0 Å². The predicted octanol–water partition coefficient (Wildman–Crippen LogP) is 2.91. The molecule has 2 aliphatic heterocycles. The van der Waals surface area contributed by atoms with Gasteiger partial charge in [-0.3, -0.25) is 39.0 Å². The van der Waals surface area contributed by atoms with Crippen LogP contribution in [0.15, 0.2) is 36.4 Å². The van der Waals surface area contributed by atoms with Crippen LogP contribution in [0.25, 0.3) is 0 Å².